The van der Waals surface area contributed by atoms with Gasteiger partial charge in [-0.2, -0.15) is 10.1 Å². The zero-order valence-corrected chi connectivity index (χ0v) is 20.1. The van der Waals surface area contributed by atoms with Crippen LogP contribution in [0.4, 0.5) is 17.5 Å². The minimum Gasteiger partial charge on any atom is -0.372 e. The number of piperidine rings is 1. The highest BCUT2D eigenvalue weighted by atomic mass is 35.5. The van der Waals surface area contributed by atoms with Crippen molar-refractivity contribution >= 4 is 35.0 Å². The number of nitrogens with one attached hydrogen (secondary N) is 2. The van der Waals surface area contributed by atoms with E-state index in [-0.39, 0.29) is 12.5 Å². The smallest absolute Gasteiger partial charge is 0.248 e. The normalized spacial score (nSPS) is 18.4. The van der Waals surface area contributed by atoms with Gasteiger partial charge in [-0.15, -0.1) is 0 Å². The van der Waals surface area contributed by atoms with Crippen molar-refractivity contribution in [1.29, 1.82) is 0 Å². The van der Waals surface area contributed by atoms with E-state index in [1.165, 1.54) is 0 Å². The minimum absolute atomic E-state index is 0.0511. The Morgan fingerprint density at radius 1 is 1.27 bits per heavy atom. The molecular weight excluding hydrogens is 444 g/mol. The number of amides is 1. The highest BCUT2D eigenvalue weighted by Gasteiger charge is 2.20. The third kappa shape index (κ3) is 6.33. The molecule has 0 saturated carbocycles. The molecule has 0 radical (unpaired) electrons. The Bertz CT molecular complexity index is 944. The Balaban J connectivity index is 1.32. The second-order valence-corrected chi connectivity index (χ2v) is 9.13. The highest BCUT2D eigenvalue weighted by molar-refractivity contribution is 6.32. The van der Waals surface area contributed by atoms with Crippen LogP contribution >= 0.6 is 11.6 Å². The number of nitrogens with zero attached hydrogens (tertiary/aromatic N) is 6. The fourth-order valence-electron chi connectivity index (χ4n) is 4.17. The van der Waals surface area contributed by atoms with Crippen molar-refractivity contribution in [3.8, 4) is 0 Å². The van der Waals surface area contributed by atoms with E-state index in [1.54, 1.807) is 6.20 Å². The van der Waals surface area contributed by atoms with Crippen LogP contribution in [0.5, 0.6) is 0 Å². The molecule has 0 aromatic carbocycles. The zero-order chi connectivity index (χ0) is 23.2. The fraction of sp³-hybridized carbons (Fsp3) is 0.636. The number of aryl methyl sites for hydroxylation is 1. The van der Waals surface area contributed by atoms with Crippen LogP contribution in [-0.2, 0) is 9.53 Å². The molecule has 4 heterocycles. The molecule has 10 nitrogen and oxygen atoms in total. The molecule has 11 heteroatoms. The number of anilines is 3. The molecule has 0 bridgehead atoms. The van der Waals surface area contributed by atoms with Crippen LogP contribution in [0.25, 0.3) is 0 Å². The molecule has 0 aliphatic carbocycles. The molecule has 180 valence electrons. The molecule has 2 saturated heterocycles. The van der Waals surface area contributed by atoms with Gasteiger partial charge in [-0.3, -0.25) is 9.48 Å². The largest absolute Gasteiger partial charge is 0.372 e. The molecule has 2 fully saturated rings. The van der Waals surface area contributed by atoms with Gasteiger partial charge >= 0.3 is 0 Å². The lowest BCUT2D eigenvalue weighted by atomic mass is 10.1. The number of rotatable bonds is 8. The zero-order valence-electron chi connectivity index (χ0n) is 19.4. The monoisotopic (exact) mass is 476 g/mol. The summed E-state index contributed by atoms with van der Waals surface area (Å²) in [5.41, 5.74) is 1.80. The predicted molar refractivity (Wildman–Crippen MR) is 128 cm³/mol. The first-order valence-corrected chi connectivity index (χ1v) is 12.0. The van der Waals surface area contributed by atoms with Gasteiger partial charge in [0.05, 0.1) is 23.6 Å². The average Bonchev–Trinajstić information content (AvgIpc) is 3.03. The minimum atomic E-state index is 0.0511. The first-order valence-electron chi connectivity index (χ1n) is 11.6. The highest BCUT2D eigenvalue weighted by Crippen LogP contribution is 2.26. The summed E-state index contributed by atoms with van der Waals surface area (Å²) in [4.78, 5) is 25.1. The van der Waals surface area contributed by atoms with Crippen LogP contribution in [0.15, 0.2) is 12.4 Å². The SMILES string of the molecule is Cc1nn(C2CCN(C)CC2)cc1Nc1ncc(Cl)c(NCCCN2CCCOCC2=O)n1. The van der Waals surface area contributed by atoms with Crippen molar-refractivity contribution in [2.75, 3.05) is 63.6 Å². The quantitative estimate of drug-likeness (QED) is 0.561. The number of ether oxygens (including phenoxy) is 1. The standard InChI is InChI=1S/C22H33ClN8O2/c1-16-19(14-31(28-16)17-5-10-29(2)11-6-17)26-22-25-13-18(23)21(27-22)24-7-3-8-30-9-4-12-33-15-20(30)32/h13-14,17H,3-12,15H2,1-2H3,(H2,24,25,26,27). The van der Waals surface area contributed by atoms with Gasteiger partial charge in [0.15, 0.2) is 0 Å². The van der Waals surface area contributed by atoms with Crippen molar-refractivity contribution < 1.29 is 9.53 Å². The lowest BCUT2D eigenvalue weighted by Gasteiger charge is -2.28. The van der Waals surface area contributed by atoms with Gasteiger partial charge in [0.2, 0.25) is 11.9 Å². The summed E-state index contributed by atoms with van der Waals surface area (Å²) in [7, 11) is 2.16. The van der Waals surface area contributed by atoms with Crippen LogP contribution in [-0.4, -0.2) is 88.4 Å². The number of hydrogen-bond donors (Lipinski definition) is 2. The van der Waals surface area contributed by atoms with E-state index in [0.29, 0.717) is 42.5 Å². The summed E-state index contributed by atoms with van der Waals surface area (Å²) >= 11 is 6.30. The molecule has 1 amide bonds. The van der Waals surface area contributed by atoms with Gasteiger partial charge in [-0.1, -0.05) is 11.6 Å². The lowest BCUT2D eigenvalue weighted by Crippen LogP contribution is -2.34. The van der Waals surface area contributed by atoms with Crippen LogP contribution < -0.4 is 10.6 Å². The van der Waals surface area contributed by atoms with E-state index < -0.39 is 0 Å². The van der Waals surface area contributed by atoms with Gasteiger partial charge in [0, 0.05) is 32.4 Å². The number of likely N-dealkylation sites (tertiary alicyclic amines) is 1. The average molecular weight is 477 g/mol. The summed E-state index contributed by atoms with van der Waals surface area (Å²) in [6.07, 6.45) is 7.48. The molecular formula is C22H33ClN8O2. The summed E-state index contributed by atoms with van der Waals surface area (Å²) in [6.45, 7) is 7.04. The molecule has 2 N–H and O–H groups in total. The molecule has 4 rings (SSSR count). The maximum atomic E-state index is 12.0. The van der Waals surface area contributed by atoms with Crippen LogP contribution in [0, 0.1) is 6.92 Å². The topological polar surface area (TPSA) is 100 Å². The van der Waals surface area contributed by atoms with Crippen molar-refractivity contribution in [3.05, 3.63) is 23.1 Å². The van der Waals surface area contributed by atoms with Crippen LogP contribution in [0.1, 0.15) is 37.4 Å². The van der Waals surface area contributed by atoms with E-state index in [2.05, 4.69) is 37.2 Å². The Kier molecular flexibility index (Phi) is 8.00. The van der Waals surface area contributed by atoms with Crippen molar-refractivity contribution in [1.82, 2.24) is 29.5 Å². The van der Waals surface area contributed by atoms with E-state index >= 15 is 0 Å². The first-order chi connectivity index (χ1) is 16.0. The predicted octanol–water partition coefficient (Wildman–Crippen LogP) is 2.70. The number of halogens is 1. The van der Waals surface area contributed by atoms with Gasteiger partial charge in [0.25, 0.3) is 0 Å². The maximum absolute atomic E-state index is 12.0. The molecule has 33 heavy (non-hydrogen) atoms. The maximum Gasteiger partial charge on any atom is 0.248 e. The molecule has 2 aliphatic rings. The molecule has 0 atom stereocenters. The number of carbonyl (C=O) groups excluding carboxylic acids is 1. The molecule has 2 aromatic heterocycles. The first kappa shape index (κ1) is 23.7. The number of hydrogen-bond acceptors (Lipinski definition) is 8. The summed E-state index contributed by atoms with van der Waals surface area (Å²) < 4.78 is 7.35. The van der Waals surface area contributed by atoms with E-state index in [1.807, 2.05) is 18.0 Å². The van der Waals surface area contributed by atoms with Crippen LogP contribution in [0.2, 0.25) is 5.02 Å². The van der Waals surface area contributed by atoms with E-state index in [4.69, 9.17) is 21.4 Å². The Morgan fingerprint density at radius 2 is 2.09 bits per heavy atom. The fourth-order valence-corrected chi connectivity index (χ4v) is 4.33. The third-order valence-electron chi connectivity index (χ3n) is 6.16. The summed E-state index contributed by atoms with van der Waals surface area (Å²) in [5.74, 6) is 1.09. The summed E-state index contributed by atoms with van der Waals surface area (Å²) in [6, 6.07) is 0.418. The molecule has 0 unspecified atom stereocenters. The lowest BCUT2D eigenvalue weighted by molar-refractivity contribution is -0.133. The molecule has 0 spiro atoms. The van der Waals surface area contributed by atoms with E-state index in [9.17, 15) is 4.79 Å². The second kappa shape index (κ2) is 11.1. The third-order valence-corrected chi connectivity index (χ3v) is 6.44. The van der Waals surface area contributed by atoms with Crippen LogP contribution in [0.3, 0.4) is 0 Å². The number of carbonyl (C=O) groups is 1. The van der Waals surface area contributed by atoms with Gasteiger partial charge in [-0.05, 0) is 52.7 Å². The van der Waals surface area contributed by atoms with Gasteiger partial charge in [-0.25, -0.2) is 4.98 Å². The van der Waals surface area contributed by atoms with Gasteiger partial charge < -0.3 is 25.2 Å². The van der Waals surface area contributed by atoms with Crippen molar-refractivity contribution in [3.63, 3.8) is 0 Å². The van der Waals surface area contributed by atoms with Crippen molar-refractivity contribution in [2.45, 2.75) is 38.6 Å². The van der Waals surface area contributed by atoms with E-state index in [0.717, 1.165) is 56.7 Å². The number of aromatic nitrogens is 4. The Morgan fingerprint density at radius 3 is 2.91 bits per heavy atom. The Labute approximate surface area is 199 Å². The Hall–Kier alpha value is -2.43. The molecule has 2 aliphatic heterocycles. The van der Waals surface area contributed by atoms with Crippen molar-refractivity contribution in [2.24, 2.45) is 0 Å². The van der Waals surface area contributed by atoms with Gasteiger partial charge in [0.1, 0.15) is 17.4 Å². The summed E-state index contributed by atoms with van der Waals surface area (Å²) in [5, 5.41) is 11.7. The second-order valence-electron chi connectivity index (χ2n) is 8.73. The molecule has 2 aromatic rings.